The first-order chi connectivity index (χ1) is 6.75. The van der Waals surface area contributed by atoms with Crippen molar-refractivity contribution in [1.82, 2.24) is 5.48 Å². The molecule has 0 saturated carbocycles. The number of carbonyl (C=O) groups is 1. The van der Waals surface area contributed by atoms with Crippen molar-refractivity contribution >= 4 is 14.4 Å². The van der Waals surface area contributed by atoms with Crippen LogP contribution in [0.25, 0.3) is 0 Å². The molecule has 1 amide bonds. The van der Waals surface area contributed by atoms with Gasteiger partial charge in [0.25, 0.3) is 0 Å². The number of carboxylic acid groups (broad SMARTS) is 1. The monoisotopic (exact) mass is 233 g/mol. The second kappa shape index (κ2) is 5.51. The van der Waals surface area contributed by atoms with Crippen LogP contribution < -0.4 is 5.48 Å². The molecule has 0 rings (SSSR count). The van der Waals surface area contributed by atoms with E-state index < -0.39 is 14.4 Å². The zero-order valence-electron chi connectivity index (χ0n) is 10.5. The lowest BCUT2D eigenvalue weighted by atomic mass is 10.5. The van der Waals surface area contributed by atoms with Gasteiger partial charge in [-0.1, -0.05) is 41.5 Å². The second-order valence-corrected chi connectivity index (χ2v) is 10.2. The van der Waals surface area contributed by atoms with E-state index in [2.05, 4.69) is 47.0 Å². The van der Waals surface area contributed by atoms with Gasteiger partial charge in [0.05, 0.1) is 0 Å². The molecule has 0 heterocycles. The zero-order chi connectivity index (χ0) is 12.2. The van der Waals surface area contributed by atoms with Crippen LogP contribution in [0.1, 0.15) is 41.5 Å². The fourth-order valence-electron chi connectivity index (χ4n) is 2.49. The molecule has 0 spiro atoms. The molecule has 15 heavy (non-hydrogen) atoms. The van der Waals surface area contributed by atoms with Crippen LogP contribution in [-0.4, -0.2) is 19.5 Å². The van der Waals surface area contributed by atoms with E-state index in [9.17, 15) is 4.79 Å². The van der Waals surface area contributed by atoms with Crippen LogP contribution in [0.3, 0.4) is 0 Å². The standard InChI is InChI=1S/C10H23NO3Si/c1-7(2)15(8(3)4,9(5)6)14-11-10(12)13/h7-9,11H,1-6H3,(H,12,13). The lowest BCUT2D eigenvalue weighted by molar-refractivity contribution is 0.123. The van der Waals surface area contributed by atoms with Gasteiger partial charge in [0, 0.05) is 0 Å². The fourth-order valence-corrected chi connectivity index (χ4v) is 7.46. The molecule has 4 nitrogen and oxygen atoms in total. The molecule has 0 aliphatic carbocycles. The Kier molecular flexibility index (Phi) is 5.31. The highest BCUT2D eigenvalue weighted by molar-refractivity contribution is 6.77. The van der Waals surface area contributed by atoms with Crippen LogP contribution >= 0.6 is 0 Å². The second-order valence-electron chi connectivity index (χ2n) is 4.83. The molecular formula is C10H23NO3Si. The molecule has 0 radical (unpaired) electrons. The van der Waals surface area contributed by atoms with Gasteiger partial charge in [-0.3, -0.25) is 0 Å². The molecule has 0 fully saturated rings. The Morgan fingerprint density at radius 3 is 1.60 bits per heavy atom. The van der Waals surface area contributed by atoms with Crippen LogP contribution in [0.15, 0.2) is 0 Å². The van der Waals surface area contributed by atoms with Crippen LogP contribution in [0.4, 0.5) is 4.79 Å². The molecule has 0 aromatic rings. The summed E-state index contributed by atoms with van der Waals surface area (Å²) in [6.45, 7) is 12.6. The quantitative estimate of drug-likeness (QED) is 0.565. The van der Waals surface area contributed by atoms with Crippen LogP contribution in [0.5, 0.6) is 0 Å². The molecule has 0 aliphatic heterocycles. The molecule has 0 saturated heterocycles. The first kappa shape index (κ1) is 14.4. The predicted molar refractivity (Wildman–Crippen MR) is 63.3 cm³/mol. The van der Waals surface area contributed by atoms with Gasteiger partial charge >= 0.3 is 6.09 Å². The third-order valence-corrected chi connectivity index (χ3v) is 8.89. The first-order valence-corrected chi connectivity index (χ1v) is 7.56. The van der Waals surface area contributed by atoms with Gasteiger partial charge in [-0.15, -0.1) is 0 Å². The summed E-state index contributed by atoms with van der Waals surface area (Å²) in [5.74, 6) is 0. The van der Waals surface area contributed by atoms with Crippen LogP contribution in [-0.2, 0) is 4.53 Å². The Bertz CT molecular complexity index is 195. The molecule has 0 aromatic carbocycles. The molecule has 0 aliphatic rings. The Hall–Kier alpha value is -0.553. The van der Waals surface area contributed by atoms with E-state index in [1.54, 1.807) is 0 Å². The predicted octanol–water partition coefficient (Wildman–Crippen LogP) is 3.36. The van der Waals surface area contributed by atoms with Crippen molar-refractivity contribution in [2.75, 3.05) is 0 Å². The summed E-state index contributed by atoms with van der Waals surface area (Å²) in [5.41, 5.74) is 3.25. The normalized spacial score (nSPS) is 12.6. The van der Waals surface area contributed by atoms with Gasteiger partial charge in [0.15, 0.2) is 0 Å². The maximum absolute atomic E-state index is 10.5. The minimum atomic E-state index is -2.08. The summed E-state index contributed by atoms with van der Waals surface area (Å²) in [4.78, 5) is 10.5. The highest BCUT2D eigenvalue weighted by atomic mass is 28.4. The van der Waals surface area contributed by atoms with Crippen LogP contribution in [0.2, 0.25) is 16.6 Å². The van der Waals surface area contributed by atoms with Gasteiger partial charge in [0.1, 0.15) is 0 Å². The topological polar surface area (TPSA) is 58.6 Å². The molecule has 0 bridgehead atoms. The molecule has 2 N–H and O–H groups in total. The molecule has 90 valence electrons. The molecule has 0 atom stereocenters. The van der Waals surface area contributed by atoms with Crippen molar-refractivity contribution in [3.05, 3.63) is 0 Å². The van der Waals surface area contributed by atoms with Gasteiger partial charge in [-0.2, -0.15) is 0 Å². The Labute approximate surface area is 93.1 Å². The van der Waals surface area contributed by atoms with E-state index in [1.807, 2.05) is 0 Å². The zero-order valence-corrected chi connectivity index (χ0v) is 11.5. The number of nitrogens with one attached hydrogen (secondary N) is 1. The van der Waals surface area contributed by atoms with E-state index >= 15 is 0 Å². The maximum atomic E-state index is 10.5. The summed E-state index contributed by atoms with van der Waals surface area (Å²) in [6, 6.07) is 0. The number of hydrogen-bond donors (Lipinski definition) is 2. The SMILES string of the molecule is CC(C)[Si](ONC(=O)O)(C(C)C)C(C)C. The molecule has 0 aromatic heterocycles. The molecular weight excluding hydrogens is 210 g/mol. The van der Waals surface area contributed by atoms with E-state index in [4.69, 9.17) is 9.63 Å². The number of hydrogen-bond acceptors (Lipinski definition) is 2. The van der Waals surface area contributed by atoms with E-state index in [0.29, 0.717) is 16.6 Å². The lowest BCUT2D eigenvalue weighted by Gasteiger charge is -2.40. The van der Waals surface area contributed by atoms with Gasteiger partial charge < -0.3 is 9.63 Å². The highest BCUT2D eigenvalue weighted by Gasteiger charge is 2.46. The van der Waals surface area contributed by atoms with E-state index in [1.165, 1.54) is 0 Å². The summed E-state index contributed by atoms with van der Waals surface area (Å²) < 4.78 is 5.56. The number of hydroxylamine groups is 1. The van der Waals surface area contributed by atoms with Crippen molar-refractivity contribution < 1.29 is 14.4 Å². The number of amides is 1. The number of rotatable bonds is 5. The summed E-state index contributed by atoms with van der Waals surface area (Å²) in [7, 11) is -2.08. The average molecular weight is 233 g/mol. The Balaban J connectivity index is 4.88. The summed E-state index contributed by atoms with van der Waals surface area (Å²) in [5, 5.41) is 8.61. The van der Waals surface area contributed by atoms with Gasteiger partial charge in [-0.25, -0.2) is 10.3 Å². The minimum Gasteiger partial charge on any atom is -0.464 e. The van der Waals surface area contributed by atoms with Crippen molar-refractivity contribution in [3.8, 4) is 0 Å². The van der Waals surface area contributed by atoms with Gasteiger partial charge in [-0.05, 0) is 16.6 Å². The highest BCUT2D eigenvalue weighted by Crippen LogP contribution is 2.41. The summed E-state index contributed by atoms with van der Waals surface area (Å²) in [6.07, 6.45) is -1.12. The smallest absolute Gasteiger partial charge is 0.427 e. The van der Waals surface area contributed by atoms with E-state index in [0.717, 1.165) is 0 Å². The first-order valence-electron chi connectivity index (χ1n) is 5.42. The third kappa shape index (κ3) is 3.20. The fraction of sp³-hybridized carbons (Fsp3) is 0.900. The summed E-state index contributed by atoms with van der Waals surface area (Å²) >= 11 is 0. The van der Waals surface area contributed by atoms with E-state index in [-0.39, 0.29) is 0 Å². The van der Waals surface area contributed by atoms with Gasteiger partial charge in [0.2, 0.25) is 8.32 Å². The third-order valence-electron chi connectivity index (χ3n) is 3.02. The van der Waals surface area contributed by atoms with Crippen LogP contribution in [0, 0.1) is 0 Å². The van der Waals surface area contributed by atoms with Crippen molar-refractivity contribution in [1.29, 1.82) is 0 Å². The lowest BCUT2D eigenvalue weighted by Crippen LogP contribution is -2.52. The minimum absolute atomic E-state index is 0.379. The van der Waals surface area contributed by atoms with Crippen molar-refractivity contribution in [2.45, 2.75) is 58.2 Å². The van der Waals surface area contributed by atoms with Crippen molar-refractivity contribution in [3.63, 3.8) is 0 Å². The maximum Gasteiger partial charge on any atom is 0.427 e. The molecule has 0 unspecified atom stereocenters. The largest absolute Gasteiger partial charge is 0.464 e. The average Bonchev–Trinajstić information content (AvgIpc) is 2.02. The van der Waals surface area contributed by atoms with Crippen molar-refractivity contribution in [2.24, 2.45) is 0 Å². The Morgan fingerprint density at radius 1 is 1.07 bits per heavy atom. The Morgan fingerprint density at radius 2 is 1.40 bits per heavy atom. The molecule has 5 heteroatoms.